The van der Waals surface area contributed by atoms with Gasteiger partial charge in [-0.15, -0.1) is 0 Å². The van der Waals surface area contributed by atoms with Gasteiger partial charge >= 0.3 is 0 Å². The maximum absolute atomic E-state index is 10.7. The zero-order valence-corrected chi connectivity index (χ0v) is 11.6. The summed E-state index contributed by atoms with van der Waals surface area (Å²) in [6, 6.07) is 4.23. The number of nitrogens with one attached hydrogen (secondary N) is 1. The first-order valence-corrected chi connectivity index (χ1v) is 6.52. The van der Waals surface area contributed by atoms with Crippen LogP contribution in [0.1, 0.15) is 12.5 Å². The highest BCUT2D eigenvalue weighted by atomic mass is 16.6. The molecule has 0 aliphatic carbocycles. The number of nitro benzene ring substituents is 1. The summed E-state index contributed by atoms with van der Waals surface area (Å²) in [5, 5.41) is 42.8. The molecule has 1 aliphatic heterocycles. The first kappa shape index (κ1) is 15.6. The number of benzene rings is 1. The number of ether oxygens (including phenoxy) is 1. The van der Waals surface area contributed by atoms with E-state index < -0.39 is 35.6 Å². The zero-order valence-electron chi connectivity index (χ0n) is 11.6. The predicted molar refractivity (Wildman–Crippen MR) is 73.8 cm³/mol. The molecule has 1 saturated heterocycles. The van der Waals surface area contributed by atoms with Crippen LogP contribution in [-0.4, -0.2) is 50.9 Å². The molecule has 1 heterocycles. The molecular weight excluding hydrogens is 280 g/mol. The maximum Gasteiger partial charge on any atom is 0.269 e. The molecule has 2 rings (SSSR count). The lowest BCUT2D eigenvalue weighted by molar-refractivity contribution is -0.384. The number of anilines is 1. The van der Waals surface area contributed by atoms with E-state index in [1.54, 1.807) is 13.8 Å². The molecule has 0 radical (unpaired) electrons. The van der Waals surface area contributed by atoms with E-state index in [1.165, 1.54) is 18.2 Å². The third-order valence-electron chi connectivity index (χ3n) is 3.57. The van der Waals surface area contributed by atoms with Crippen LogP contribution in [0, 0.1) is 17.0 Å². The van der Waals surface area contributed by atoms with Gasteiger partial charge in [0.25, 0.3) is 5.69 Å². The molecule has 8 heteroatoms. The quantitative estimate of drug-likeness (QED) is 0.462. The molecule has 5 atom stereocenters. The molecule has 8 nitrogen and oxygen atoms in total. The van der Waals surface area contributed by atoms with Crippen LogP contribution in [0.4, 0.5) is 11.4 Å². The van der Waals surface area contributed by atoms with Crippen LogP contribution in [0.25, 0.3) is 0 Å². The number of aliphatic hydroxyl groups excluding tert-OH is 3. The fraction of sp³-hybridized carbons (Fsp3) is 0.538. The van der Waals surface area contributed by atoms with Crippen LogP contribution in [0.15, 0.2) is 18.2 Å². The molecule has 21 heavy (non-hydrogen) atoms. The molecule has 1 aromatic carbocycles. The number of aryl methyl sites for hydroxylation is 1. The number of nitro groups is 1. The van der Waals surface area contributed by atoms with Crippen LogP contribution in [0.5, 0.6) is 0 Å². The van der Waals surface area contributed by atoms with E-state index in [4.69, 9.17) is 4.74 Å². The summed E-state index contributed by atoms with van der Waals surface area (Å²) >= 11 is 0. The van der Waals surface area contributed by atoms with Crippen molar-refractivity contribution in [1.82, 2.24) is 0 Å². The van der Waals surface area contributed by atoms with Crippen molar-refractivity contribution in [2.24, 2.45) is 0 Å². The Morgan fingerprint density at radius 2 is 1.90 bits per heavy atom. The van der Waals surface area contributed by atoms with E-state index in [1.807, 2.05) is 0 Å². The molecule has 0 saturated carbocycles. The highest BCUT2D eigenvalue weighted by molar-refractivity contribution is 5.55. The van der Waals surface area contributed by atoms with Crippen LogP contribution in [0.3, 0.4) is 0 Å². The van der Waals surface area contributed by atoms with Crippen molar-refractivity contribution in [1.29, 1.82) is 0 Å². The van der Waals surface area contributed by atoms with E-state index in [0.29, 0.717) is 11.3 Å². The molecular formula is C13H18N2O6. The summed E-state index contributed by atoms with van der Waals surface area (Å²) in [7, 11) is 0. The fourth-order valence-corrected chi connectivity index (χ4v) is 2.25. The minimum atomic E-state index is -1.33. The Balaban J connectivity index is 2.16. The summed E-state index contributed by atoms with van der Waals surface area (Å²) in [4.78, 5) is 10.2. The van der Waals surface area contributed by atoms with Gasteiger partial charge in [0.2, 0.25) is 0 Å². The summed E-state index contributed by atoms with van der Waals surface area (Å²) < 4.78 is 5.41. The lowest BCUT2D eigenvalue weighted by Crippen LogP contribution is -2.58. The third kappa shape index (κ3) is 3.13. The molecule has 1 aliphatic rings. The van der Waals surface area contributed by atoms with Crippen molar-refractivity contribution in [2.75, 3.05) is 5.32 Å². The molecule has 1 aromatic rings. The number of hydrogen-bond acceptors (Lipinski definition) is 7. The topological polar surface area (TPSA) is 125 Å². The van der Waals surface area contributed by atoms with E-state index in [9.17, 15) is 25.4 Å². The highest BCUT2D eigenvalue weighted by Gasteiger charge is 2.41. The average molecular weight is 298 g/mol. The van der Waals surface area contributed by atoms with Gasteiger partial charge in [-0.3, -0.25) is 10.1 Å². The van der Waals surface area contributed by atoms with Gasteiger partial charge in [-0.2, -0.15) is 0 Å². The van der Waals surface area contributed by atoms with Crippen molar-refractivity contribution in [3.8, 4) is 0 Å². The molecule has 0 spiro atoms. The SMILES string of the molecule is Cc1cc([N+](=O)[O-])ccc1N[C@@H]1O[C@H](C)[C@H](O)[C@@H](O)[C@H]1O. The summed E-state index contributed by atoms with van der Waals surface area (Å²) in [5.41, 5.74) is 1.11. The Kier molecular flexibility index (Phi) is 4.43. The molecule has 4 N–H and O–H groups in total. The van der Waals surface area contributed by atoms with E-state index in [2.05, 4.69) is 5.32 Å². The van der Waals surface area contributed by atoms with Crippen molar-refractivity contribution in [2.45, 2.75) is 44.5 Å². The average Bonchev–Trinajstić information content (AvgIpc) is 2.44. The molecule has 0 unspecified atom stereocenters. The summed E-state index contributed by atoms with van der Waals surface area (Å²) in [6.07, 6.45) is -5.38. The van der Waals surface area contributed by atoms with Crippen molar-refractivity contribution < 1.29 is 25.0 Å². The number of non-ortho nitro benzene ring substituents is 1. The predicted octanol–water partition coefficient (Wildman–Crippen LogP) is 0.143. The van der Waals surface area contributed by atoms with Gasteiger partial charge < -0.3 is 25.4 Å². The second-order valence-corrected chi connectivity index (χ2v) is 5.13. The standard InChI is InChI=1S/C13H18N2O6/c1-6-5-8(15(19)20)3-4-9(6)14-13-12(18)11(17)10(16)7(2)21-13/h3-5,7,10-14,16-18H,1-2H3/t7-,10+,11-,12-,13-/m1/s1. The number of nitrogens with zero attached hydrogens (tertiary/aromatic N) is 1. The van der Waals surface area contributed by atoms with Gasteiger partial charge in [-0.05, 0) is 25.5 Å². The lowest BCUT2D eigenvalue weighted by atomic mass is 9.99. The van der Waals surface area contributed by atoms with E-state index in [0.717, 1.165) is 0 Å². The second-order valence-electron chi connectivity index (χ2n) is 5.13. The van der Waals surface area contributed by atoms with Gasteiger partial charge in [0.05, 0.1) is 11.0 Å². The van der Waals surface area contributed by atoms with Crippen molar-refractivity contribution in [3.05, 3.63) is 33.9 Å². The fourth-order valence-electron chi connectivity index (χ4n) is 2.25. The van der Waals surface area contributed by atoms with Crippen LogP contribution < -0.4 is 5.32 Å². The Morgan fingerprint density at radius 3 is 2.48 bits per heavy atom. The van der Waals surface area contributed by atoms with Crippen molar-refractivity contribution >= 4 is 11.4 Å². The smallest absolute Gasteiger partial charge is 0.269 e. The maximum atomic E-state index is 10.7. The van der Waals surface area contributed by atoms with Gasteiger partial charge in [-0.25, -0.2) is 0 Å². The zero-order chi connectivity index (χ0) is 15.7. The lowest BCUT2D eigenvalue weighted by Gasteiger charge is -2.40. The third-order valence-corrected chi connectivity index (χ3v) is 3.57. The Hall–Kier alpha value is -1.74. The second kappa shape index (κ2) is 5.94. The monoisotopic (exact) mass is 298 g/mol. The normalized spacial score (nSPS) is 32.7. The molecule has 1 fully saturated rings. The summed E-state index contributed by atoms with van der Waals surface area (Å²) in [6.45, 7) is 3.26. The van der Waals surface area contributed by atoms with E-state index >= 15 is 0 Å². The summed E-state index contributed by atoms with van der Waals surface area (Å²) in [5.74, 6) is 0. The highest BCUT2D eigenvalue weighted by Crippen LogP contribution is 2.26. The minimum Gasteiger partial charge on any atom is -0.388 e. The molecule has 0 amide bonds. The van der Waals surface area contributed by atoms with Gasteiger partial charge in [0, 0.05) is 17.8 Å². The van der Waals surface area contributed by atoms with Gasteiger partial charge in [0.15, 0.2) is 6.23 Å². The number of aliphatic hydroxyl groups is 3. The minimum absolute atomic E-state index is 0.0352. The largest absolute Gasteiger partial charge is 0.388 e. The molecule has 0 bridgehead atoms. The Bertz CT molecular complexity index is 537. The van der Waals surface area contributed by atoms with Crippen molar-refractivity contribution in [3.63, 3.8) is 0 Å². The Morgan fingerprint density at radius 1 is 1.24 bits per heavy atom. The van der Waals surface area contributed by atoms with Crippen LogP contribution in [-0.2, 0) is 4.74 Å². The Labute approximate surface area is 121 Å². The molecule has 0 aromatic heterocycles. The van der Waals surface area contributed by atoms with E-state index in [-0.39, 0.29) is 5.69 Å². The van der Waals surface area contributed by atoms with Gasteiger partial charge in [-0.1, -0.05) is 0 Å². The van der Waals surface area contributed by atoms with Crippen LogP contribution in [0.2, 0.25) is 0 Å². The molecule has 116 valence electrons. The first-order chi connectivity index (χ1) is 9.81. The number of hydrogen-bond donors (Lipinski definition) is 4. The van der Waals surface area contributed by atoms with Gasteiger partial charge in [0.1, 0.15) is 18.3 Å². The first-order valence-electron chi connectivity index (χ1n) is 6.52. The number of rotatable bonds is 3. The van der Waals surface area contributed by atoms with Crippen LogP contribution >= 0.6 is 0 Å².